The molecule has 0 saturated carbocycles. The van der Waals surface area contributed by atoms with Crippen molar-refractivity contribution < 1.29 is 9.59 Å². The predicted octanol–water partition coefficient (Wildman–Crippen LogP) is 4.57. The first-order chi connectivity index (χ1) is 13.9. The number of carbonyl (C=O) groups excluding carboxylic acids is 2. The topological polar surface area (TPSA) is 71.1 Å². The quantitative estimate of drug-likeness (QED) is 0.603. The first-order valence-corrected chi connectivity index (χ1v) is 10.4. The Labute approximate surface area is 175 Å². The number of anilines is 1. The normalized spacial score (nSPS) is 10.8. The number of hydrogen-bond acceptors (Lipinski definition) is 4. The summed E-state index contributed by atoms with van der Waals surface area (Å²) < 4.78 is 0. The van der Waals surface area contributed by atoms with Crippen LogP contribution in [0, 0.1) is 12.8 Å². The highest BCUT2D eigenvalue weighted by Crippen LogP contribution is 2.28. The van der Waals surface area contributed by atoms with E-state index < -0.39 is 0 Å². The van der Waals surface area contributed by atoms with Gasteiger partial charge in [-0.1, -0.05) is 56.3 Å². The molecule has 0 fully saturated rings. The summed E-state index contributed by atoms with van der Waals surface area (Å²) in [6.45, 7) is 6.24. The fraction of sp³-hybridized carbons (Fsp3) is 0.261. The fourth-order valence-electron chi connectivity index (χ4n) is 2.79. The largest absolute Gasteiger partial charge is 0.352 e. The second-order valence-corrected chi connectivity index (χ2v) is 8.46. The zero-order chi connectivity index (χ0) is 20.8. The van der Waals surface area contributed by atoms with Gasteiger partial charge >= 0.3 is 0 Å². The minimum Gasteiger partial charge on any atom is -0.352 e. The van der Waals surface area contributed by atoms with Gasteiger partial charge in [-0.05, 0) is 24.6 Å². The average Bonchev–Trinajstić information content (AvgIpc) is 3.07. The summed E-state index contributed by atoms with van der Waals surface area (Å²) in [6, 6.07) is 17.5. The van der Waals surface area contributed by atoms with Crippen molar-refractivity contribution >= 4 is 28.8 Å². The van der Waals surface area contributed by atoms with Gasteiger partial charge in [-0.2, -0.15) is 0 Å². The molecule has 0 aliphatic carbocycles. The van der Waals surface area contributed by atoms with E-state index in [-0.39, 0.29) is 24.2 Å². The molecule has 29 heavy (non-hydrogen) atoms. The number of nitrogens with one attached hydrogen (secondary N) is 2. The number of hydrogen-bond donors (Lipinski definition) is 2. The third-order valence-electron chi connectivity index (χ3n) is 4.44. The number of amides is 2. The fourth-order valence-corrected chi connectivity index (χ4v) is 3.74. The predicted molar refractivity (Wildman–Crippen MR) is 118 cm³/mol. The Morgan fingerprint density at radius 1 is 1.03 bits per heavy atom. The van der Waals surface area contributed by atoms with Gasteiger partial charge in [0, 0.05) is 28.6 Å². The van der Waals surface area contributed by atoms with Crippen LogP contribution in [0.3, 0.4) is 0 Å². The smallest absolute Gasteiger partial charge is 0.227 e. The maximum absolute atomic E-state index is 12.3. The molecule has 0 aliphatic rings. The van der Waals surface area contributed by atoms with E-state index >= 15 is 0 Å². The van der Waals surface area contributed by atoms with Crippen LogP contribution in [0.2, 0.25) is 0 Å². The van der Waals surface area contributed by atoms with Crippen molar-refractivity contribution in [1.29, 1.82) is 0 Å². The number of nitrogens with zero attached hydrogens (tertiary/aromatic N) is 1. The lowest BCUT2D eigenvalue weighted by atomic mass is 10.1. The lowest BCUT2D eigenvalue weighted by Crippen LogP contribution is -2.24. The molecule has 150 valence electrons. The van der Waals surface area contributed by atoms with Gasteiger partial charge in [0.05, 0.1) is 12.1 Å². The average molecular weight is 408 g/mol. The molecule has 0 bridgehead atoms. The number of benzene rings is 2. The second-order valence-electron chi connectivity index (χ2n) is 7.17. The molecule has 1 heterocycles. The second kappa shape index (κ2) is 9.47. The van der Waals surface area contributed by atoms with Gasteiger partial charge in [0.2, 0.25) is 11.8 Å². The molecule has 0 saturated heterocycles. The minimum atomic E-state index is -0.0638. The van der Waals surface area contributed by atoms with E-state index in [1.54, 1.807) is 0 Å². The van der Waals surface area contributed by atoms with Crippen LogP contribution in [0.4, 0.5) is 5.69 Å². The monoisotopic (exact) mass is 407 g/mol. The van der Waals surface area contributed by atoms with Gasteiger partial charge in [0.25, 0.3) is 0 Å². The van der Waals surface area contributed by atoms with E-state index in [4.69, 9.17) is 0 Å². The molecule has 0 aliphatic heterocycles. The number of aryl methyl sites for hydroxylation is 1. The Kier molecular flexibility index (Phi) is 6.77. The Bertz CT molecular complexity index is 979. The van der Waals surface area contributed by atoms with Crippen LogP contribution in [0.5, 0.6) is 0 Å². The molecule has 3 aromatic rings. The molecule has 0 unspecified atom stereocenters. The number of aromatic nitrogens is 1. The zero-order valence-electron chi connectivity index (χ0n) is 16.9. The van der Waals surface area contributed by atoms with Crippen LogP contribution in [0.15, 0.2) is 54.6 Å². The molecule has 2 amide bonds. The van der Waals surface area contributed by atoms with Gasteiger partial charge in [-0.25, -0.2) is 4.98 Å². The van der Waals surface area contributed by atoms with Crippen molar-refractivity contribution in [2.45, 2.75) is 33.7 Å². The first kappa shape index (κ1) is 20.7. The van der Waals surface area contributed by atoms with Gasteiger partial charge < -0.3 is 10.6 Å². The van der Waals surface area contributed by atoms with Crippen LogP contribution in [0.25, 0.3) is 11.3 Å². The highest BCUT2D eigenvalue weighted by Gasteiger charge is 2.13. The molecule has 3 rings (SSSR count). The number of thiazole rings is 1. The molecular weight excluding hydrogens is 382 g/mol. The molecule has 2 aromatic carbocycles. The maximum Gasteiger partial charge on any atom is 0.227 e. The Balaban J connectivity index is 1.62. The van der Waals surface area contributed by atoms with E-state index in [2.05, 4.69) is 15.6 Å². The summed E-state index contributed by atoms with van der Waals surface area (Å²) in [5.74, 6) is -0.113. The molecule has 0 spiro atoms. The summed E-state index contributed by atoms with van der Waals surface area (Å²) in [7, 11) is 0. The highest BCUT2D eigenvalue weighted by atomic mass is 32.1. The van der Waals surface area contributed by atoms with Gasteiger partial charge in [0.15, 0.2) is 0 Å². The molecule has 6 heteroatoms. The van der Waals surface area contributed by atoms with E-state index in [0.717, 1.165) is 32.4 Å². The molecule has 1 aromatic heterocycles. The van der Waals surface area contributed by atoms with Crippen LogP contribution in [0.1, 0.15) is 29.3 Å². The van der Waals surface area contributed by atoms with Crippen LogP contribution in [-0.2, 0) is 22.6 Å². The van der Waals surface area contributed by atoms with Crippen LogP contribution in [-0.4, -0.2) is 16.8 Å². The van der Waals surface area contributed by atoms with E-state index in [1.807, 2.05) is 75.4 Å². The highest BCUT2D eigenvalue weighted by molar-refractivity contribution is 7.12. The van der Waals surface area contributed by atoms with Crippen molar-refractivity contribution in [2.75, 3.05) is 5.32 Å². The van der Waals surface area contributed by atoms with Crippen molar-refractivity contribution in [3.63, 3.8) is 0 Å². The Morgan fingerprint density at radius 3 is 2.38 bits per heavy atom. The minimum absolute atomic E-state index is 0.00797. The molecule has 0 atom stereocenters. The van der Waals surface area contributed by atoms with Gasteiger partial charge in [-0.3, -0.25) is 9.59 Å². The lowest BCUT2D eigenvalue weighted by Gasteiger charge is -2.08. The third-order valence-corrected chi connectivity index (χ3v) is 5.41. The van der Waals surface area contributed by atoms with Crippen molar-refractivity contribution in [1.82, 2.24) is 10.3 Å². The molecular formula is C23H25N3O2S. The van der Waals surface area contributed by atoms with Crippen LogP contribution >= 0.6 is 11.3 Å². The van der Waals surface area contributed by atoms with Gasteiger partial charge in [0.1, 0.15) is 5.01 Å². The number of carbonyl (C=O) groups is 2. The summed E-state index contributed by atoms with van der Waals surface area (Å²) in [5.41, 5.74) is 3.68. The summed E-state index contributed by atoms with van der Waals surface area (Å²) in [5, 5.41) is 6.61. The molecule has 2 N–H and O–H groups in total. The van der Waals surface area contributed by atoms with Crippen molar-refractivity contribution in [3.8, 4) is 11.3 Å². The Hall–Kier alpha value is -2.99. The van der Waals surface area contributed by atoms with Gasteiger partial charge in [-0.15, -0.1) is 11.3 Å². The molecule has 5 nitrogen and oxygen atoms in total. The summed E-state index contributed by atoms with van der Waals surface area (Å²) in [4.78, 5) is 29.8. The zero-order valence-corrected chi connectivity index (χ0v) is 17.7. The van der Waals surface area contributed by atoms with Crippen molar-refractivity contribution in [2.24, 2.45) is 5.92 Å². The lowest BCUT2D eigenvalue weighted by molar-refractivity contribution is -0.120. The first-order valence-electron chi connectivity index (χ1n) is 9.60. The van der Waals surface area contributed by atoms with Crippen LogP contribution < -0.4 is 10.6 Å². The Morgan fingerprint density at radius 2 is 1.72 bits per heavy atom. The van der Waals surface area contributed by atoms with E-state index in [0.29, 0.717) is 6.54 Å². The number of rotatable bonds is 7. The van der Waals surface area contributed by atoms with E-state index in [1.165, 1.54) is 11.3 Å². The van der Waals surface area contributed by atoms with Crippen molar-refractivity contribution in [3.05, 3.63) is 70.0 Å². The van der Waals surface area contributed by atoms with E-state index in [9.17, 15) is 9.59 Å². The SMILES string of the molecule is Cc1sc(CC(=O)NCc2ccccc2)nc1-c1ccc(NC(=O)C(C)C)cc1. The molecule has 0 radical (unpaired) electrons. The standard InChI is InChI=1S/C23H25N3O2S/c1-15(2)23(28)25-19-11-9-18(10-12-19)22-16(3)29-21(26-22)13-20(27)24-14-17-7-5-4-6-8-17/h4-12,15H,13-14H2,1-3H3,(H,24,27)(H,25,28). The summed E-state index contributed by atoms with van der Waals surface area (Å²) in [6.07, 6.45) is 0.265. The third kappa shape index (κ3) is 5.74. The summed E-state index contributed by atoms with van der Waals surface area (Å²) >= 11 is 1.54. The maximum atomic E-state index is 12.3.